The van der Waals surface area contributed by atoms with Crippen LogP contribution in [0.2, 0.25) is 0 Å². The Bertz CT molecular complexity index is 573. The minimum atomic E-state index is -0.0400. The van der Waals surface area contributed by atoms with E-state index < -0.39 is 0 Å². The number of hydrogen-bond donors (Lipinski definition) is 1. The lowest BCUT2D eigenvalue weighted by molar-refractivity contribution is -0.0454. The summed E-state index contributed by atoms with van der Waals surface area (Å²) in [5.74, 6) is 3.33. The van der Waals surface area contributed by atoms with E-state index in [0.717, 1.165) is 30.1 Å². The molecule has 6 atom stereocenters. The summed E-state index contributed by atoms with van der Waals surface area (Å²) in [7, 11) is 0. The molecule has 3 fully saturated rings. The summed E-state index contributed by atoms with van der Waals surface area (Å²) in [4.78, 5) is 2.65. The fourth-order valence-corrected chi connectivity index (χ4v) is 7.17. The lowest BCUT2D eigenvalue weighted by atomic mass is 9.53. The number of aliphatic hydroxyl groups is 1. The van der Waals surface area contributed by atoms with Gasteiger partial charge in [-0.15, -0.1) is 0 Å². The quantitative estimate of drug-likeness (QED) is 0.766. The molecule has 5 aliphatic rings. The van der Waals surface area contributed by atoms with Gasteiger partial charge >= 0.3 is 0 Å². The molecule has 2 nitrogen and oxygen atoms in total. The third kappa shape index (κ3) is 2.18. The first-order valence-electron chi connectivity index (χ1n) is 10.5. The average Bonchev–Trinajstić information content (AvgIpc) is 3.23. The Morgan fingerprint density at radius 3 is 2.75 bits per heavy atom. The Morgan fingerprint density at radius 2 is 1.92 bits per heavy atom. The summed E-state index contributed by atoms with van der Waals surface area (Å²) in [6.45, 7) is 4.96. The molecule has 0 radical (unpaired) electrons. The topological polar surface area (TPSA) is 23.5 Å². The minimum absolute atomic E-state index is 0.0400. The van der Waals surface area contributed by atoms with Gasteiger partial charge in [0.25, 0.3) is 0 Å². The maximum absolute atomic E-state index is 10.5. The third-order valence-corrected chi connectivity index (χ3v) is 8.57. The standard InChI is InChI=1S/C22H33NO/c1-22-11-10-18-17-7-5-16(23-12-2-3-13-23)14-15(17)4-6-19(18)20(22)8-9-21(22)24/h4,14,17-21,24H,2-3,5-13H2,1H3/t17-,18?,19?,20?,21-,22-/m0/s1. The van der Waals surface area contributed by atoms with Crippen molar-refractivity contribution in [2.75, 3.05) is 13.1 Å². The van der Waals surface area contributed by atoms with Crippen LogP contribution in [0.4, 0.5) is 0 Å². The van der Waals surface area contributed by atoms with Crippen LogP contribution in [0, 0.1) is 29.1 Å². The zero-order valence-electron chi connectivity index (χ0n) is 15.2. The summed E-state index contributed by atoms with van der Waals surface area (Å²) in [5, 5.41) is 10.5. The number of aliphatic hydroxyl groups excluding tert-OH is 1. The molecule has 2 heteroatoms. The second kappa shape index (κ2) is 5.62. The van der Waals surface area contributed by atoms with E-state index in [0.29, 0.717) is 0 Å². The van der Waals surface area contributed by atoms with Gasteiger partial charge in [0.2, 0.25) is 0 Å². The molecule has 1 N–H and O–H groups in total. The van der Waals surface area contributed by atoms with Gasteiger partial charge in [-0.3, -0.25) is 0 Å². The Morgan fingerprint density at radius 1 is 1.08 bits per heavy atom. The summed E-state index contributed by atoms with van der Waals surface area (Å²) < 4.78 is 0. The van der Waals surface area contributed by atoms with Gasteiger partial charge in [-0.2, -0.15) is 0 Å². The molecule has 5 rings (SSSR count). The van der Waals surface area contributed by atoms with E-state index in [2.05, 4.69) is 24.0 Å². The lowest BCUT2D eigenvalue weighted by Crippen LogP contribution is -2.46. The van der Waals surface area contributed by atoms with E-state index >= 15 is 0 Å². The number of hydrogen-bond acceptors (Lipinski definition) is 2. The van der Waals surface area contributed by atoms with Crippen molar-refractivity contribution in [2.24, 2.45) is 29.1 Å². The fourth-order valence-electron chi connectivity index (χ4n) is 7.17. The number of likely N-dealkylation sites (tertiary alicyclic amines) is 1. The Hall–Kier alpha value is -0.760. The third-order valence-electron chi connectivity index (χ3n) is 8.57. The van der Waals surface area contributed by atoms with E-state index in [9.17, 15) is 5.11 Å². The van der Waals surface area contributed by atoms with Crippen molar-refractivity contribution in [1.82, 2.24) is 4.90 Å². The van der Waals surface area contributed by atoms with E-state index in [1.54, 1.807) is 11.3 Å². The van der Waals surface area contributed by atoms with Crippen LogP contribution in [-0.2, 0) is 0 Å². The predicted octanol–water partition coefficient (Wildman–Crippen LogP) is 4.51. The molecule has 0 bridgehead atoms. The molecule has 2 saturated carbocycles. The van der Waals surface area contributed by atoms with Crippen molar-refractivity contribution in [3.8, 4) is 0 Å². The molecule has 3 unspecified atom stereocenters. The molecule has 1 heterocycles. The van der Waals surface area contributed by atoms with Crippen LogP contribution >= 0.6 is 0 Å². The minimum Gasteiger partial charge on any atom is -0.393 e. The van der Waals surface area contributed by atoms with Gasteiger partial charge in [0.1, 0.15) is 0 Å². The maximum atomic E-state index is 10.5. The molecule has 24 heavy (non-hydrogen) atoms. The van der Waals surface area contributed by atoms with Gasteiger partial charge in [-0.1, -0.05) is 13.0 Å². The van der Waals surface area contributed by atoms with Crippen LogP contribution < -0.4 is 0 Å². The van der Waals surface area contributed by atoms with Crippen molar-refractivity contribution in [3.05, 3.63) is 23.4 Å². The summed E-state index contributed by atoms with van der Waals surface area (Å²) in [6, 6.07) is 0. The van der Waals surface area contributed by atoms with Crippen LogP contribution in [0.3, 0.4) is 0 Å². The zero-order chi connectivity index (χ0) is 16.3. The molecule has 4 aliphatic carbocycles. The molecular formula is C22H33NO. The maximum Gasteiger partial charge on any atom is 0.0596 e. The molecule has 0 spiro atoms. The van der Waals surface area contributed by atoms with Crippen LogP contribution in [0.5, 0.6) is 0 Å². The van der Waals surface area contributed by atoms with Gasteiger partial charge in [0, 0.05) is 18.8 Å². The van der Waals surface area contributed by atoms with Crippen molar-refractivity contribution < 1.29 is 5.11 Å². The molecular weight excluding hydrogens is 294 g/mol. The van der Waals surface area contributed by atoms with Crippen LogP contribution in [-0.4, -0.2) is 29.2 Å². The number of allylic oxidation sites excluding steroid dienone is 4. The van der Waals surface area contributed by atoms with Crippen LogP contribution in [0.25, 0.3) is 0 Å². The van der Waals surface area contributed by atoms with Gasteiger partial charge < -0.3 is 10.0 Å². The van der Waals surface area contributed by atoms with E-state index in [-0.39, 0.29) is 11.5 Å². The fraction of sp³-hybridized carbons (Fsp3) is 0.818. The zero-order valence-corrected chi connectivity index (χ0v) is 15.2. The highest BCUT2D eigenvalue weighted by Crippen LogP contribution is 2.61. The summed E-state index contributed by atoms with van der Waals surface area (Å²) >= 11 is 0. The van der Waals surface area contributed by atoms with Gasteiger partial charge in [0.15, 0.2) is 0 Å². The average molecular weight is 328 g/mol. The smallest absolute Gasteiger partial charge is 0.0596 e. The molecule has 0 aromatic heterocycles. The Balaban J connectivity index is 1.41. The van der Waals surface area contributed by atoms with Crippen molar-refractivity contribution >= 4 is 0 Å². The Labute approximate surface area is 147 Å². The first kappa shape index (κ1) is 15.5. The van der Waals surface area contributed by atoms with Crippen LogP contribution in [0.1, 0.15) is 64.7 Å². The van der Waals surface area contributed by atoms with E-state index in [1.165, 1.54) is 64.5 Å². The molecule has 1 aliphatic heterocycles. The molecule has 0 aromatic rings. The molecule has 1 saturated heterocycles. The van der Waals surface area contributed by atoms with Gasteiger partial charge in [-0.25, -0.2) is 0 Å². The van der Waals surface area contributed by atoms with Gasteiger partial charge in [-0.05, 0) is 98.5 Å². The Kier molecular flexibility index (Phi) is 3.63. The SMILES string of the molecule is C[C@]12CCC3C(CC=C4C=C(N5CCCC5)CC[C@@H]43)C1CC[C@@H]2O. The second-order valence-electron chi connectivity index (χ2n) is 9.49. The number of fused-ring (bicyclic) bond motifs is 5. The highest BCUT2D eigenvalue weighted by Gasteiger charge is 2.55. The summed E-state index contributed by atoms with van der Waals surface area (Å²) in [6.07, 6.45) is 16.8. The predicted molar refractivity (Wildman–Crippen MR) is 97.4 cm³/mol. The number of nitrogens with zero attached hydrogens (tertiary/aromatic N) is 1. The van der Waals surface area contributed by atoms with Gasteiger partial charge in [0.05, 0.1) is 6.10 Å². The summed E-state index contributed by atoms with van der Waals surface area (Å²) in [5.41, 5.74) is 3.52. The van der Waals surface area contributed by atoms with Crippen molar-refractivity contribution in [1.29, 1.82) is 0 Å². The largest absolute Gasteiger partial charge is 0.393 e. The van der Waals surface area contributed by atoms with E-state index in [1.807, 2.05) is 0 Å². The van der Waals surface area contributed by atoms with Crippen LogP contribution in [0.15, 0.2) is 23.4 Å². The normalized spacial score (nSPS) is 47.6. The molecule has 132 valence electrons. The lowest BCUT2D eigenvalue weighted by Gasteiger charge is -2.52. The highest BCUT2D eigenvalue weighted by molar-refractivity contribution is 5.33. The first-order chi connectivity index (χ1) is 11.7. The number of rotatable bonds is 1. The first-order valence-corrected chi connectivity index (χ1v) is 10.5. The van der Waals surface area contributed by atoms with Crippen molar-refractivity contribution in [2.45, 2.75) is 70.8 Å². The molecule has 0 aromatic carbocycles. The molecule has 0 amide bonds. The van der Waals surface area contributed by atoms with Crippen molar-refractivity contribution in [3.63, 3.8) is 0 Å². The van der Waals surface area contributed by atoms with E-state index in [4.69, 9.17) is 0 Å². The highest BCUT2D eigenvalue weighted by atomic mass is 16.3. The second-order valence-corrected chi connectivity index (χ2v) is 9.49. The monoisotopic (exact) mass is 327 g/mol.